The van der Waals surface area contributed by atoms with Crippen LogP contribution in [0.2, 0.25) is 0 Å². The van der Waals surface area contributed by atoms with Gasteiger partial charge in [-0.1, -0.05) is 13.8 Å². The molecule has 0 aromatic carbocycles. The number of nitrogens with zero attached hydrogens (tertiary/aromatic N) is 1. The topological polar surface area (TPSA) is 32.3 Å². The van der Waals surface area contributed by atoms with E-state index in [9.17, 15) is 13.6 Å². The van der Waals surface area contributed by atoms with Crippen molar-refractivity contribution in [2.24, 2.45) is 11.8 Å². The fraction of sp³-hybridized carbons (Fsp3) is 0.938. The van der Waals surface area contributed by atoms with Gasteiger partial charge in [-0.25, -0.2) is 8.78 Å². The third kappa shape index (κ3) is 4.15. The standard InChI is InChI=1S/C16H28F2N2O.H2/c1-11(2)13-4-6-14(7-5-13)20-9-8-15(19-12(3)21)16(17,18)10-20;/h11,13-15H,4-10H2,1-3H3,(H,19,21);1H. The van der Waals surface area contributed by atoms with Crippen LogP contribution in [0.4, 0.5) is 8.78 Å². The van der Waals surface area contributed by atoms with Gasteiger partial charge in [-0.2, -0.15) is 0 Å². The molecule has 0 aromatic rings. The number of likely N-dealkylation sites (tertiary alicyclic amines) is 1. The van der Waals surface area contributed by atoms with Crippen molar-refractivity contribution in [3.05, 3.63) is 0 Å². The molecule has 2 fully saturated rings. The molecule has 1 aliphatic heterocycles. The summed E-state index contributed by atoms with van der Waals surface area (Å²) in [5.41, 5.74) is 0. The van der Waals surface area contributed by atoms with Crippen molar-refractivity contribution in [3.63, 3.8) is 0 Å². The Bertz CT molecular complexity index is 371. The van der Waals surface area contributed by atoms with Crippen LogP contribution in [0.3, 0.4) is 0 Å². The lowest BCUT2D eigenvalue weighted by molar-refractivity contribution is -0.131. The van der Waals surface area contributed by atoms with Crippen molar-refractivity contribution in [1.82, 2.24) is 10.2 Å². The van der Waals surface area contributed by atoms with Crippen molar-refractivity contribution in [2.75, 3.05) is 13.1 Å². The van der Waals surface area contributed by atoms with Crippen LogP contribution in [0.15, 0.2) is 0 Å². The summed E-state index contributed by atoms with van der Waals surface area (Å²) in [7, 11) is 0. The second-order valence-corrected chi connectivity index (χ2v) is 7.09. The van der Waals surface area contributed by atoms with Gasteiger partial charge in [0.05, 0.1) is 12.6 Å². The smallest absolute Gasteiger partial charge is 0.280 e. The summed E-state index contributed by atoms with van der Waals surface area (Å²) in [6.45, 7) is 6.25. The minimum absolute atomic E-state index is 0. The van der Waals surface area contributed by atoms with E-state index in [-0.39, 0.29) is 13.9 Å². The number of carbonyl (C=O) groups excluding carboxylic acids is 1. The molecule has 2 aliphatic rings. The molecule has 1 atom stereocenters. The van der Waals surface area contributed by atoms with Crippen LogP contribution in [0.1, 0.15) is 54.3 Å². The first-order valence-corrected chi connectivity index (χ1v) is 8.18. The van der Waals surface area contributed by atoms with Crippen molar-refractivity contribution in [1.29, 1.82) is 0 Å². The average molecular weight is 304 g/mol. The number of hydrogen-bond acceptors (Lipinski definition) is 2. The molecule has 0 radical (unpaired) electrons. The van der Waals surface area contributed by atoms with Gasteiger partial charge in [-0.05, 0) is 43.9 Å². The molecule has 1 amide bonds. The number of rotatable bonds is 3. The zero-order valence-electron chi connectivity index (χ0n) is 13.4. The summed E-state index contributed by atoms with van der Waals surface area (Å²) in [4.78, 5) is 13.0. The van der Waals surface area contributed by atoms with E-state index in [4.69, 9.17) is 0 Å². The maximum atomic E-state index is 14.2. The van der Waals surface area contributed by atoms with E-state index in [1.54, 1.807) is 0 Å². The Balaban J connectivity index is 0.00000242. The number of carbonyl (C=O) groups is 1. The van der Waals surface area contributed by atoms with E-state index in [0.29, 0.717) is 24.9 Å². The Labute approximate surface area is 127 Å². The number of nitrogens with one attached hydrogen (secondary N) is 1. The fourth-order valence-electron chi connectivity index (χ4n) is 3.83. The molecule has 3 nitrogen and oxygen atoms in total. The molecule has 21 heavy (non-hydrogen) atoms. The minimum atomic E-state index is -2.82. The maximum Gasteiger partial charge on any atom is 0.280 e. The second-order valence-electron chi connectivity index (χ2n) is 7.09. The first kappa shape index (κ1) is 16.7. The van der Waals surface area contributed by atoms with E-state index < -0.39 is 12.0 Å². The second kappa shape index (κ2) is 6.59. The highest BCUT2D eigenvalue weighted by Crippen LogP contribution is 2.35. The molecule has 1 aliphatic carbocycles. The lowest BCUT2D eigenvalue weighted by Crippen LogP contribution is -2.60. The molecule has 1 saturated heterocycles. The van der Waals surface area contributed by atoms with Crippen molar-refractivity contribution in [2.45, 2.75) is 70.9 Å². The first-order chi connectivity index (χ1) is 9.79. The zero-order valence-corrected chi connectivity index (χ0v) is 13.4. The van der Waals surface area contributed by atoms with Gasteiger partial charge in [0.25, 0.3) is 5.92 Å². The Kier molecular flexibility index (Phi) is 5.23. The summed E-state index contributed by atoms with van der Waals surface area (Å²) in [5, 5.41) is 2.40. The lowest BCUT2D eigenvalue weighted by atomic mass is 9.79. The molecule has 0 bridgehead atoms. The molecule has 5 heteroatoms. The molecular formula is C16H30F2N2O. The van der Waals surface area contributed by atoms with E-state index in [1.807, 2.05) is 4.90 Å². The SMILES string of the molecule is CC(=O)NC1CCN(C2CCC(C(C)C)CC2)CC1(F)F.[HH]. The molecule has 1 N–H and O–H groups in total. The molecule has 0 spiro atoms. The normalized spacial score (nSPS) is 33.9. The Morgan fingerprint density at radius 3 is 2.33 bits per heavy atom. The van der Waals surface area contributed by atoms with E-state index in [0.717, 1.165) is 31.6 Å². The summed E-state index contributed by atoms with van der Waals surface area (Å²) >= 11 is 0. The number of amides is 1. The van der Waals surface area contributed by atoms with Crippen LogP contribution >= 0.6 is 0 Å². The van der Waals surface area contributed by atoms with Crippen LogP contribution in [0, 0.1) is 11.8 Å². The van der Waals surface area contributed by atoms with Gasteiger partial charge in [0, 0.05) is 20.9 Å². The number of piperidine rings is 1. The number of hydrogen-bond donors (Lipinski definition) is 1. The molecule has 1 unspecified atom stereocenters. The molecule has 2 rings (SSSR count). The highest BCUT2D eigenvalue weighted by Gasteiger charge is 2.46. The van der Waals surface area contributed by atoms with Gasteiger partial charge in [0.2, 0.25) is 5.91 Å². The Morgan fingerprint density at radius 1 is 1.24 bits per heavy atom. The highest BCUT2D eigenvalue weighted by molar-refractivity contribution is 5.73. The maximum absolute atomic E-state index is 14.2. The molecule has 124 valence electrons. The third-order valence-electron chi connectivity index (χ3n) is 5.21. The average Bonchev–Trinajstić information content (AvgIpc) is 2.40. The first-order valence-electron chi connectivity index (χ1n) is 8.18. The Morgan fingerprint density at radius 2 is 1.86 bits per heavy atom. The van der Waals surface area contributed by atoms with Crippen LogP contribution in [-0.4, -0.2) is 41.9 Å². The van der Waals surface area contributed by atoms with Gasteiger partial charge in [0.15, 0.2) is 0 Å². The summed E-state index contributed by atoms with van der Waals surface area (Å²) in [6.07, 6.45) is 4.71. The van der Waals surface area contributed by atoms with Gasteiger partial charge >= 0.3 is 0 Å². The summed E-state index contributed by atoms with van der Waals surface area (Å²) in [6, 6.07) is -0.706. The molecule has 1 heterocycles. The van der Waals surface area contributed by atoms with Crippen molar-refractivity contribution >= 4 is 5.91 Å². The van der Waals surface area contributed by atoms with Gasteiger partial charge in [-0.15, -0.1) is 0 Å². The highest BCUT2D eigenvalue weighted by atomic mass is 19.3. The van der Waals surface area contributed by atoms with E-state index >= 15 is 0 Å². The molecule has 0 aromatic heterocycles. The van der Waals surface area contributed by atoms with Crippen LogP contribution in [0.25, 0.3) is 0 Å². The number of alkyl halides is 2. The monoisotopic (exact) mass is 304 g/mol. The number of halogens is 2. The lowest BCUT2D eigenvalue weighted by Gasteiger charge is -2.44. The predicted molar refractivity (Wildman–Crippen MR) is 81.4 cm³/mol. The summed E-state index contributed by atoms with van der Waals surface area (Å²) < 4.78 is 28.4. The summed E-state index contributed by atoms with van der Waals surface area (Å²) in [5.74, 6) is -1.75. The van der Waals surface area contributed by atoms with Crippen molar-refractivity contribution in [3.8, 4) is 0 Å². The van der Waals surface area contributed by atoms with Gasteiger partial charge < -0.3 is 5.32 Å². The quantitative estimate of drug-likeness (QED) is 0.867. The molecular weight excluding hydrogens is 274 g/mol. The van der Waals surface area contributed by atoms with Gasteiger partial charge in [0.1, 0.15) is 0 Å². The molecule has 1 saturated carbocycles. The Hall–Kier alpha value is -0.710. The predicted octanol–water partition coefficient (Wildman–Crippen LogP) is 3.29. The fourth-order valence-corrected chi connectivity index (χ4v) is 3.83. The van der Waals surface area contributed by atoms with E-state index in [1.165, 1.54) is 6.92 Å². The van der Waals surface area contributed by atoms with Gasteiger partial charge in [-0.3, -0.25) is 9.69 Å². The zero-order chi connectivity index (χ0) is 15.6. The van der Waals surface area contributed by atoms with Crippen molar-refractivity contribution < 1.29 is 15.0 Å². The van der Waals surface area contributed by atoms with Crippen LogP contribution in [0.5, 0.6) is 0 Å². The van der Waals surface area contributed by atoms with Crippen LogP contribution < -0.4 is 5.32 Å². The van der Waals surface area contributed by atoms with Crippen LogP contribution in [-0.2, 0) is 4.79 Å². The third-order valence-corrected chi connectivity index (χ3v) is 5.21. The largest absolute Gasteiger partial charge is 0.347 e. The van der Waals surface area contributed by atoms with E-state index in [2.05, 4.69) is 19.2 Å². The minimum Gasteiger partial charge on any atom is -0.347 e.